The number of benzene rings is 1. The minimum absolute atomic E-state index is 0.143. The van der Waals surface area contributed by atoms with Crippen molar-refractivity contribution >= 4 is 5.91 Å². The number of carbonyl (C=O) groups excluding carboxylic acids is 1. The van der Waals surface area contributed by atoms with Gasteiger partial charge in [-0.05, 0) is 36.0 Å². The van der Waals surface area contributed by atoms with Crippen LogP contribution in [0.4, 0.5) is 0 Å². The molecule has 0 bridgehead atoms. The van der Waals surface area contributed by atoms with Gasteiger partial charge in [-0.1, -0.05) is 53.7 Å². The molecule has 0 fully saturated rings. The van der Waals surface area contributed by atoms with Crippen LogP contribution in [0.1, 0.15) is 59.9 Å². The number of carbonyl (C=O) groups is 1. The molecule has 0 heterocycles. The fraction of sp³-hybridized carbons (Fsp3) is 0.611. The van der Waals surface area contributed by atoms with Gasteiger partial charge in [-0.25, -0.2) is 0 Å². The summed E-state index contributed by atoms with van der Waals surface area (Å²) in [5, 5.41) is 0. The maximum atomic E-state index is 11.7. The molecule has 0 saturated heterocycles. The number of amides is 1. The summed E-state index contributed by atoms with van der Waals surface area (Å²) in [6.07, 6.45) is 1.27. The summed E-state index contributed by atoms with van der Waals surface area (Å²) in [6, 6.07) is 7.98. The quantitative estimate of drug-likeness (QED) is 0.824. The molecule has 118 valence electrons. The lowest BCUT2D eigenvalue weighted by atomic mass is 9.82. The van der Waals surface area contributed by atoms with E-state index < -0.39 is 12.0 Å². The summed E-state index contributed by atoms with van der Waals surface area (Å²) in [5.41, 5.74) is 6.63. The SMILES string of the molecule is CCC(C)(C)c1ccc(OC(C(N)=O)C(C)(C)CC)cc1. The molecule has 0 radical (unpaired) electrons. The van der Waals surface area contributed by atoms with Crippen LogP contribution in [-0.4, -0.2) is 12.0 Å². The third-order valence-electron chi connectivity index (χ3n) is 4.65. The number of primary amides is 1. The molecule has 0 aliphatic rings. The molecule has 21 heavy (non-hydrogen) atoms. The molecule has 3 heteroatoms. The molecule has 0 aliphatic heterocycles. The Hall–Kier alpha value is -1.51. The lowest BCUT2D eigenvalue weighted by Gasteiger charge is -2.31. The fourth-order valence-electron chi connectivity index (χ4n) is 2.11. The van der Waals surface area contributed by atoms with Crippen molar-refractivity contribution in [2.24, 2.45) is 11.1 Å². The first-order chi connectivity index (χ1) is 9.64. The van der Waals surface area contributed by atoms with Crippen LogP contribution in [0.2, 0.25) is 0 Å². The fourth-order valence-corrected chi connectivity index (χ4v) is 2.11. The molecule has 1 aromatic rings. The molecule has 0 saturated carbocycles. The third kappa shape index (κ3) is 4.23. The van der Waals surface area contributed by atoms with E-state index in [0.717, 1.165) is 12.8 Å². The largest absolute Gasteiger partial charge is 0.480 e. The Morgan fingerprint density at radius 2 is 1.62 bits per heavy atom. The van der Waals surface area contributed by atoms with Crippen LogP contribution in [0.5, 0.6) is 5.75 Å². The molecule has 0 aromatic heterocycles. The molecule has 2 N–H and O–H groups in total. The van der Waals surface area contributed by atoms with Crippen molar-refractivity contribution in [2.75, 3.05) is 0 Å². The lowest BCUT2D eigenvalue weighted by molar-refractivity contribution is -0.129. The average Bonchev–Trinajstić information content (AvgIpc) is 2.44. The third-order valence-corrected chi connectivity index (χ3v) is 4.65. The summed E-state index contributed by atoms with van der Waals surface area (Å²) in [5.74, 6) is 0.274. The van der Waals surface area contributed by atoms with Crippen LogP contribution in [0.15, 0.2) is 24.3 Å². The number of hydrogen-bond donors (Lipinski definition) is 1. The van der Waals surface area contributed by atoms with Crippen molar-refractivity contribution < 1.29 is 9.53 Å². The van der Waals surface area contributed by atoms with Crippen molar-refractivity contribution in [3.8, 4) is 5.75 Å². The van der Waals surface area contributed by atoms with E-state index in [2.05, 4.69) is 32.9 Å². The second-order valence-electron chi connectivity index (χ2n) is 7.00. The summed E-state index contributed by atoms with van der Waals surface area (Å²) in [6.45, 7) is 12.6. The Morgan fingerprint density at radius 1 is 1.10 bits per heavy atom. The van der Waals surface area contributed by atoms with E-state index in [4.69, 9.17) is 10.5 Å². The highest BCUT2D eigenvalue weighted by molar-refractivity contribution is 5.80. The number of hydrogen-bond acceptors (Lipinski definition) is 2. The molecule has 0 spiro atoms. The monoisotopic (exact) mass is 291 g/mol. The highest BCUT2D eigenvalue weighted by atomic mass is 16.5. The summed E-state index contributed by atoms with van der Waals surface area (Å²) < 4.78 is 5.86. The molecule has 1 aromatic carbocycles. The Labute approximate surface area is 128 Å². The first-order valence-corrected chi connectivity index (χ1v) is 7.70. The van der Waals surface area contributed by atoms with Crippen molar-refractivity contribution in [1.82, 2.24) is 0 Å². The van der Waals surface area contributed by atoms with Gasteiger partial charge >= 0.3 is 0 Å². The normalized spacial score (nSPS) is 13.8. The standard InChI is InChI=1S/C18H29NO2/c1-7-17(3,4)13-9-11-14(12-10-13)21-15(16(19)20)18(5,6)8-2/h9-12,15H,7-8H2,1-6H3,(H2,19,20). The summed E-state index contributed by atoms with van der Waals surface area (Å²) >= 11 is 0. The highest BCUT2D eigenvalue weighted by Crippen LogP contribution is 2.31. The van der Waals surface area contributed by atoms with Crippen LogP contribution in [0.25, 0.3) is 0 Å². The Bertz CT molecular complexity index is 474. The van der Waals surface area contributed by atoms with E-state index in [9.17, 15) is 4.79 Å². The van der Waals surface area contributed by atoms with Crippen molar-refractivity contribution in [3.05, 3.63) is 29.8 Å². The average molecular weight is 291 g/mol. The van der Waals surface area contributed by atoms with Gasteiger partial charge in [0.15, 0.2) is 6.10 Å². The lowest BCUT2D eigenvalue weighted by Crippen LogP contribution is -2.44. The second kappa shape index (κ2) is 6.50. The van der Waals surface area contributed by atoms with Crippen molar-refractivity contribution in [1.29, 1.82) is 0 Å². The van der Waals surface area contributed by atoms with Gasteiger partial charge in [0.2, 0.25) is 0 Å². The zero-order valence-electron chi connectivity index (χ0n) is 14.2. The molecule has 1 amide bonds. The zero-order valence-corrected chi connectivity index (χ0v) is 14.2. The first-order valence-electron chi connectivity index (χ1n) is 7.70. The van der Waals surface area contributed by atoms with Gasteiger partial charge in [0.05, 0.1) is 0 Å². The Balaban J connectivity index is 2.95. The minimum atomic E-state index is -0.618. The maximum absolute atomic E-state index is 11.7. The van der Waals surface area contributed by atoms with Gasteiger partial charge in [-0.3, -0.25) is 4.79 Å². The van der Waals surface area contributed by atoms with Gasteiger partial charge in [0.25, 0.3) is 5.91 Å². The van der Waals surface area contributed by atoms with Gasteiger partial charge in [-0.15, -0.1) is 0 Å². The van der Waals surface area contributed by atoms with Crippen LogP contribution in [0, 0.1) is 5.41 Å². The topological polar surface area (TPSA) is 52.3 Å². The van der Waals surface area contributed by atoms with Crippen LogP contribution in [-0.2, 0) is 10.2 Å². The molecule has 3 nitrogen and oxygen atoms in total. The van der Waals surface area contributed by atoms with Gasteiger partial charge in [0.1, 0.15) is 5.75 Å². The molecule has 0 aliphatic carbocycles. The smallest absolute Gasteiger partial charge is 0.259 e. The van der Waals surface area contributed by atoms with E-state index in [1.165, 1.54) is 5.56 Å². The first kappa shape index (κ1) is 17.5. The molecule has 1 rings (SSSR count). The van der Waals surface area contributed by atoms with Gasteiger partial charge in [-0.2, -0.15) is 0 Å². The van der Waals surface area contributed by atoms with Crippen LogP contribution >= 0.6 is 0 Å². The van der Waals surface area contributed by atoms with E-state index in [-0.39, 0.29) is 10.8 Å². The van der Waals surface area contributed by atoms with E-state index in [1.54, 1.807) is 0 Å². The van der Waals surface area contributed by atoms with E-state index >= 15 is 0 Å². The van der Waals surface area contributed by atoms with Crippen molar-refractivity contribution in [3.63, 3.8) is 0 Å². The molecule has 1 unspecified atom stereocenters. The number of rotatable bonds is 7. The molecule has 1 atom stereocenters. The Kier molecular flexibility index (Phi) is 5.43. The van der Waals surface area contributed by atoms with Gasteiger partial charge < -0.3 is 10.5 Å². The predicted octanol–water partition coefficient (Wildman–Crippen LogP) is 4.04. The van der Waals surface area contributed by atoms with Crippen molar-refractivity contribution in [2.45, 2.75) is 65.9 Å². The molecular formula is C18H29NO2. The van der Waals surface area contributed by atoms with Crippen LogP contribution < -0.4 is 10.5 Å². The second-order valence-corrected chi connectivity index (χ2v) is 7.00. The predicted molar refractivity (Wildman–Crippen MR) is 87.4 cm³/mol. The van der Waals surface area contributed by atoms with E-state index in [1.807, 2.05) is 32.9 Å². The van der Waals surface area contributed by atoms with Gasteiger partial charge in [0, 0.05) is 5.41 Å². The zero-order chi connectivity index (χ0) is 16.3. The number of ether oxygens (including phenoxy) is 1. The Morgan fingerprint density at radius 3 is 2.00 bits per heavy atom. The highest BCUT2D eigenvalue weighted by Gasteiger charge is 2.34. The number of nitrogens with two attached hydrogens (primary N) is 1. The van der Waals surface area contributed by atoms with E-state index in [0.29, 0.717) is 5.75 Å². The summed E-state index contributed by atoms with van der Waals surface area (Å²) in [7, 11) is 0. The maximum Gasteiger partial charge on any atom is 0.259 e. The van der Waals surface area contributed by atoms with Crippen LogP contribution in [0.3, 0.4) is 0 Å². The molecular weight excluding hydrogens is 262 g/mol. The minimum Gasteiger partial charge on any atom is -0.480 e. The summed E-state index contributed by atoms with van der Waals surface area (Å²) in [4.78, 5) is 11.7.